The van der Waals surface area contributed by atoms with Gasteiger partial charge in [0.25, 0.3) is 17.2 Å². The van der Waals surface area contributed by atoms with Gasteiger partial charge in [0, 0.05) is 23.4 Å². The molecule has 2 aromatic carbocycles. The Bertz CT molecular complexity index is 1130. The lowest BCUT2D eigenvalue weighted by molar-refractivity contribution is -0.384. The number of aromatic amines is 1. The normalized spacial score (nSPS) is 10.9. The van der Waals surface area contributed by atoms with E-state index in [1.807, 2.05) is 31.2 Å². The summed E-state index contributed by atoms with van der Waals surface area (Å²) < 4.78 is 1.42. The van der Waals surface area contributed by atoms with E-state index in [0.717, 1.165) is 11.3 Å². The minimum Gasteiger partial charge on any atom is -0.295 e. The molecule has 9 nitrogen and oxygen atoms in total. The maximum atomic E-state index is 12.7. The second-order valence-corrected chi connectivity index (χ2v) is 6.08. The van der Waals surface area contributed by atoms with Crippen molar-refractivity contribution >= 4 is 17.8 Å². The molecule has 9 heteroatoms. The van der Waals surface area contributed by atoms with E-state index in [2.05, 4.69) is 15.6 Å². The van der Waals surface area contributed by atoms with Crippen LogP contribution < -0.4 is 11.0 Å². The van der Waals surface area contributed by atoms with Crippen molar-refractivity contribution in [3.8, 4) is 5.69 Å². The quantitative estimate of drug-likeness (QED) is 0.401. The molecule has 1 heterocycles. The minimum atomic E-state index is -0.548. The van der Waals surface area contributed by atoms with Crippen LogP contribution in [0.3, 0.4) is 0 Å². The number of hydrogen-bond donors (Lipinski definition) is 2. The van der Waals surface area contributed by atoms with Crippen LogP contribution in [-0.2, 0) is 0 Å². The van der Waals surface area contributed by atoms with Crippen LogP contribution in [0.4, 0.5) is 5.69 Å². The lowest BCUT2D eigenvalue weighted by atomic mass is 10.2. The van der Waals surface area contributed by atoms with Crippen molar-refractivity contribution in [3.63, 3.8) is 0 Å². The van der Waals surface area contributed by atoms with Gasteiger partial charge in [0.1, 0.15) is 0 Å². The molecule has 0 fully saturated rings. The second-order valence-electron chi connectivity index (χ2n) is 6.08. The Hall–Kier alpha value is -4.01. The van der Waals surface area contributed by atoms with E-state index in [1.165, 1.54) is 35.2 Å². The number of benzene rings is 2. The van der Waals surface area contributed by atoms with Crippen molar-refractivity contribution in [1.82, 2.24) is 15.2 Å². The molecule has 1 aromatic heterocycles. The van der Waals surface area contributed by atoms with Crippen LogP contribution in [0.25, 0.3) is 5.69 Å². The Balaban J connectivity index is 1.78. The Morgan fingerprint density at radius 1 is 1.18 bits per heavy atom. The van der Waals surface area contributed by atoms with Crippen molar-refractivity contribution in [2.24, 2.45) is 5.10 Å². The number of aryl methyl sites for hydroxylation is 2. The van der Waals surface area contributed by atoms with Crippen molar-refractivity contribution < 1.29 is 9.72 Å². The van der Waals surface area contributed by atoms with Crippen LogP contribution in [0.2, 0.25) is 0 Å². The number of non-ortho nitro benzene ring substituents is 1. The van der Waals surface area contributed by atoms with Gasteiger partial charge in [-0.15, -0.1) is 0 Å². The van der Waals surface area contributed by atoms with Gasteiger partial charge in [-0.1, -0.05) is 18.2 Å². The highest BCUT2D eigenvalue weighted by Crippen LogP contribution is 2.12. The molecular formula is C19H17N5O4. The van der Waals surface area contributed by atoms with Crippen molar-refractivity contribution in [1.29, 1.82) is 0 Å². The molecule has 1 amide bonds. The fraction of sp³-hybridized carbons (Fsp3) is 0.105. The summed E-state index contributed by atoms with van der Waals surface area (Å²) in [5, 5.41) is 17.5. The maximum absolute atomic E-state index is 12.7. The zero-order valence-corrected chi connectivity index (χ0v) is 15.2. The predicted molar refractivity (Wildman–Crippen MR) is 104 cm³/mol. The average molecular weight is 379 g/mol. The SMILES string of the molecule is Cc1ccccc1-n1[nH]c(C)c(C=NNC(=O)c2ccc([N+](=O)[O-])cc2)c1=O. The summed E-state index contributed by atoms with van der Waals surface area (Å²) >= 11 is 0. The van der Waals surface area contributed by atoms with Gasteiger partial charge in [0.2, 0.25) is 0 Å². The zero-order valence-electron chi connectivity index (χ0n) is 15.2. The third-order valence-electron chi connectivity index (χ3n) is 4.17. The number of rotatable bonds is 5. The van der Waals surface area contributed by atoms with E-state index in [1.54, 1.807) is 6.92 Å². The Kier molecular flexibility index (Phi) is 5.16. The summed E-state index contributed by atoms with van der Waals surface area (Å²) in [6.45, 7) is 3.63. The largest absolute Gasteiger partial charge is 0.295 e. The van der Waals surface area contributed by atoms with Gasteiger partial charge < -0.3 is 0 Å². The lowest BCUT2D eigenvalue weighted by Crippen LogP contribution is -2.20. The molecule has 0 aliphatic carbocycles. The van der Waals surface area contributed by atoms with Crippen molar-refractivity contribution in [2.75, 3.05) is 0 Å². The number of para-hydroxylation sites is 1. The van der Waals surface area contributed by atoms with E-state index in [0.29, 0.717) is 11.3 Å². The predicted octanol–water partition coefficient (Wildman–Crippen LogP) is 2.45. The summed E-state index contributed by atoms with van der Waals surface area (Å²) in [5.41, 5.74) is 4.69. The van der Waals surface area contributed by atoms with E-state index < -0.39 is 10.8 Å². The summed E-state index contributed by atoms with van der Waals surface area (Å²) in [6, 6.07) is 12.6. The average Bonchev–Trinajstić information content (AvgIpc) is 2.96. The number of carbonyl (C=O) groups excluding carboxylic acids is 1. The van der Waals surface area contributed by atoms with E-state index in [-0.39, 0.29) is 16.8 Å². The molecule has 0 bridgehead atoms. The van der Waals surface area contributed by atoms with Gasteiger partial charge in [0.05, 0.1) is 22.4 Å². The molecule has 3 rings (SSSR count). The summed E-state index contributed by atoms with van der Waals surface area (Å²) in [7, 11) is 0. The van der Waals surface area contributed by atoms with Crippen LogP contribution in [0.1, 0.15) is 27.2 Å². The monoisotopic (exact) mass is 379 g/mol. The molecule has 0 aliphatic rings. The number of carbonyl (C=O) groups is 1. The fourth-order valence-corrected chi connectivity index (χ4v) is 2.65. The van der Waals surface area contributed by atoms with Gasteiger partial charge in [-0.3, -0.25) is 24.8 Å². The number of H-pyrrole nitrogens is 1. The molecule has 2 N–H and O–H groups in total. The molecule has 3 aromatic rings. The first-order valence-corrected chi connectivity index (χ1v) is 8.34. The van der Waals surface area contributed by atoms with Crippen LogP contribution in [0, 0.1) is 24.0 Å². The third-order valence-corrected chi connectivity index (χ3v) is 4.17. The molecule has 0 atom stereocenters. The number of amides is 1. The standard InChI is InChI=1S/C19H17N5O4/c1-12-5-3-4-6-17(12)23-19(26)16(13(2)22-23)11-20-21-18(25)14-7-9-15(10-8-14)24(27)28/h3-11,22H,1-2H3,(H,21,25). The zero-order chi connectivity index (χ0) is 20.3. The maximum Gasteiger partial charge on any atom is 0.280 e. The van der Waals surface area contributed by atoms with E-state index in [4.69, 9.17) is 0 Å². The Labute approximate surface area is 159 Å². The topological polar surface area (TPSA) is 122 Å². The second kappa shape index (κ2) is 7.70. The Morgan fingerprint density at radius 3 is 2.50 bits per heavy atom. The van der Waals surface area contributed by atoms with Crippen molar-refractivity contribution in [3.05, 3.63) is 91.4 Å². The number of nitrogens with zero attached hydrogens (tertiary/aromatic N) is 3. The third kappa shape index (κ3) is 3.73. The molecule has 0 unspecified atom stereocenters. The smallest absolute Gasteiger partial charge is 0.280 e. The number of hydrogen-bond acceptors (Lipinski definition) is 5. The fourth-order valence-electron chi connectivity index (χ4n) is 2.65. The first-order valence-electron chi connectivity index (χ1n) is 8.34. The van der Waals surface area contributed by atoms with Gasteiger partial charge in [0.15, 0.2) is 0 Å². The van der Waals surface area contributed by atoms with Gasteiger partial charge in [-0.05, 0) is 37.6 Å². The summed E-state index contributed by atoms with van der Waals surface area (Å²) in [6.07, 6.45) is 1.27. The summed E-state index contributed by atoms with van der Waals surface area (Å²) in [5.74, 6) is -0.543. The van der Waals surface area contributed by atoms with Crippen molar-refractivity contribution in [2.45, 2.75) is 13.8 Å². The molecule has 142 valence electrons. The molecule has 0 radical (unpaired) electrons. The van der Waals surface area contributed by atoms with E-state index in [9.17, 15) is 19.7 Å². The minimum absolute atomic E-state index is 0.111. The van der Waals surface area contributed by atoms with Crippen LogP contribution in [0.5, 0.6) is 0 Å². The number of nitro benzene ring substituents is 1. The first-order chi connectivity index (χ1) is 13.4. The number of aromatic nitrogens is 2. The van der Waals surface area contributed by atoms with Gasteiger partial charge in [-0.25, -0.2) is 10.1 Å². The molecule has 0 saturated heterocycles. The molecule has 0 spiro atoms. The molecular weight excluding hydrogens is 362 g/mol. The molecule has 0 aliphatic heterocycles. The number of hydrazone groups is 1. The molecule has 0 saturated carbocycles. The van der Waals surface area contributed by atoms with Gasteiger partial charge >= 0.3 is 0 Å². The highest BCUT2D eigenvalue weighted by molar-refractivity contribution is 5.95. The number of nitro groups is 1. The summed E-state index contributed by atoms with van der Waals surface area (Å²) in [4.78, 5) is 34.8. The number of nitrogens with one attached hydrogen (secondary N) is 2. The highest BCUT2D eigenvalue weighted by atomic mass is 16.6. The highest BCUT2D eigenvalue weighted by Gasteiger charge is 2.12. The molecule has 28 heavy (non-hydrogen) atoms. The van der Waals surface area contributed by atoms with Gasteiger partial charge in [-0.2, -0.15) is 5.10 Å². The van der Waals surface area contributed by atoms with Crippen LogP contribution >= 0.6 is 0 Å². The first kappa shape index (κ1) is 18.8. The lowest BCUT2D eigenvalue weighted by Gasteiger charge is -2.04. The van der Waals surface area contributed by atoms with Crippen LogP contribution in [0.15, 0.2) is 58.4 Å². The van der Waals surface area contributed by atoms with E-state index >= 15 is 0 Å². The van der Waals surface area contributed by atoms with Crippen LogP contribution in [-0.4, -0.2) is 26.8 Å². The Morgan fingerprint density at radius 2 is 1.86 bits per heavy atom.